The molecule has 0 aliphatic carbocycles. The van der Waals surface area contributed by atoms with Crippen molar-refractivity contribution in [3.05, 3.63) is 58.4 Å². The molecular weight excluding hydrogens is 487 g/mol. The quantitative estimate of drug-likeness (QED) is 0.263. The van der Waals surface area contributed by atoms with Crippen LogP contribution in [0.15, 0.2) is 30.3 Å². The van der Waals surface area contributed by atoms with Gasteiger partial charge in [-0.1, -0.05) is 12.1 Å². The van der Waals surface area contributed by atoms with E-state index in [4.69, 9.17) is 20.1 Å². The van der Waals surface area contributed by atoms with Gasteiger partial charge in [0, 0.05) is 35.7 Å². The molecule has 194 valence electrons. The molecule has 0 bridgehead atoms. The fraction of sp³-hybridized carbons (Fsp3) is 0.304. The number of carboxylic acids is 1. The summed E-state index contributed by atoms with van der Waals surface area (Å²) in [6.45, 7) is 2.40. The Morgan fingerprint density at radius 1 is 1.19 bits per heavy atom. The van der Waals surface area contributed by atoms with Gasteiger partial charge in [-0.25, -0.2) is 4.39 Å². The van der Waals surface area contributed by atoms with Crippen LogP contribution in [-0.2, 0) is 32.1 Å². The van der Waals surface area contributed by atoms with Gasteiger partial charge in [0.25, 0.3) is 5.91 Å². The Labute approximate surface area is 212 Å². The van der Waals surface area contributed by atoms with Gasteiger partial charge < -0.3 is 35.8 Å². The van der Waals surface area contributed by atoms with E-state index in [2.05, 4.69) is 10.6 Å². The fourth-order valence-electron chi connectivity index (χ4n) is 3.76. The molecule has 37 heavy (non-hydrogen) atoms. The van der Waals surface area contributed by atoms with E-state index in [-0.39, 0.29) is 60.4 Å². The van der Waals surface area contributed by atoms with Gasteiger partial charge in [0.1, 0.15) is 5.82 Å². The third-order valence-corrected chi connectivity index (χ3v) is 5.68. The van der Waals surface area contributed by atoms with Crippen molar-refractivity contribution in [3.63, 3.8) is 0 Å². The smallest absolute Gasteiger partial charge is 0.481 e. The summed E-state index contributed by atoms with van der Waals surface area (Å²) in [7, 11) is -0.656. The number of carboxylic acid groups (broad SMARTS) is 1. The lowest BCUT2D eigenvalue weighted by Gasteiger charge is -2.14. The number of hydrogen-bond donors (Lipinski definition) is 5. The predicted octanol–water partition coefficient (Wildman–Crippen LogP) is -1.56. The van der Waals surface area contributed by atoms with E-state index in [0.717, 1.165) is 17.1 Å². The Morgan fingerprint density at radius 3 is 2.65 bits per heavy atom. The second-order valence-electron chi connectivity index (χ2n) is 8.60. The first-order valence-electron chi connectivity index (χ1n) is 11.5. The summed E-state index contributed by atoms with van der Waals surface area (Å²) in [4.78, 5) is 45.0. The molecule has 2 aromatic carbocycles. The second kappa shape index (κ2) is 12.5. The van der Waals surface area contributed by atoms with Gasteiger partial charge in [-0.3, -0.25) is 19.2 Å². The van der Waals surface area contributed by atoms with E-state index in [0.29, 0.717) is 19.7 Å². The number of nitrogens with two attached hydrogens (primary N) is 1. The zero-order chi connectivity index (χ0) is 27.1. The summed E-state index contributed by atoms with van der Waals surface area (Å²) in [6.07, 6.45) is -0.0247. The highest BCUT2D eigenvalue weighted by Crippen LogP contribution is 2.15. The lowest BCUT2D eigenvalue weighted by atomic mass is 9.78. The molecule has 2 aliphatic rings. The first kappa shape index (κ1) is 27.8. The summed E-state index contributed by atoms with van der Waals surface area (Å²) >= 11 is 0. The van der Waals surface area contributed by atoms with Crippen LogP contribution in [0.1, 0.15) is 51.6 Å². The largest absolute Gasteiger partial charge is 0.491 e. The lowest BCUT2D eigenvalue weighted by Crippen LogP contribution is -2.38. The molecule has 0 saturated carbocycles. The number of carbonyl (C=O) groups excluding carboxylic acids is 3. The Bertz CT molecular complexity index is 1210. The third kappa shape index (κ3) is 7.62. The molecule has 3 amide bonds. The van der Waals surface area contributed by atoms with Gasteiger partial charge in [-0.05, 0) is 41.6 Å². The van der Waals surface area contributed by atoms with Crippen molar-refractivity contribution in [2.45, 2.75) is 39.0 Å². The van der Waals surface area contributed by atoms with Crippen molar-refractivity contribution >= 4 is 49.2 Å². The van der Waals surface area contributed by atoms with Crippen molar-refractivity contribution in [2.24, 2.45) is 5.73 Å². The number of benzene rings is 2. The molecule has 14 heteroatoms. The number of hydrogen-bond acceptors (Lipinski definition) is 7. The van der Waals surface area contributed by atoms with Crippen molar-refractivity contribution in [3.8, 4) is 0 Å². The number of rotatable bonds is 8. The average Bonchev–Trinajstić information content (AvgIpc) is 3.45. The topological polar surface area (TPSA) is 177 Å². The number of amides is 3. The summed E-state index contributed by atoms with van der Waals surface area (Å²) in [5, 5.41) is 23.0. The summed E-state index contributed by atoms with van der Waals surface area (Å²) in [6, 6.07) is 7.46. The molecular formula is C23H26B2FN3O8. The minimum atomic E-state index is -1.17. The van der Waals surface area contributed by atoms with Crippen LogP contribution in [0.4, 0.5) is 4.39 Å². The Morgan fingerprint density at radius 2 is 1.95 bits per heavy atom. The monoisotopic (exact) mass is 513 g/mol. The summed E-state index contributed by atoms with van der Waals surface area (Å²) < 4.78 is 23.4. The molecule has 4 rings (SSSR count). The normalized spacial score (nSPS) is 13.9. The average molecular weight is 513 g/mol. The van der Waals surface area contributed by atoms with Crippen LogP contribution in [0.3, 0.4) is 0 Å². The maximum absolute atomic E-state index is 13.3. The van der Waals surface area contributed by atoms with Gasteiger partial charge in [-0.2, -0.15) is 0 Å². The summed E-state index contributed by atoms with van der Waals surface area (Å²) in [5.74, 6) is -2.81. The Balaban J connectivity index is 0.000000231. The van der Waals surface area contributed by atoms with Crippen LogP contribution < -0.4 is 27.3 Å². The van der Waals surface area contributed by atoms with Crippen LogP contribution in [0.5, 0.6) is 0 Å². The van der Waals surface area contributed by atoms with Gasteiger partial charge in [-0.15, -0.1) is 0 Å². The number of carbonyl (C=O) groups is 4. The molecule has 0 radical (unpaired) electrons. The molecule has 0 aromatic heterocycles. The fourth-order valence-corrected chi connectivity index (χ4v) is 3.76. The van der Waals surface area contributed by atoms with E-state index in [1.165, 1.54) is 6.07 Å². The van der Waals surface area contributed by atoms with Crippen LogP contribution >= 0.6 is 0 Å². The van der Waals surface area contributed by atoms with Crippen LogP contribution in [0.2, 0.25) is 0 Å². The molecule has 2 heterocycles. The number of halogens is 1. The van der Waals surface area contributed by atoms with E-state index in [9.17, 15) is 28.6 Å². The minimum Gasteiger partial charge on any atom is -0.481 e. The first-order valence-corrected chi connectivity index (χ1v) is 11.5. The number of nitrogens with one attached hydrogen (secondary N) is 2. The molecule has 6 N–H and O–H groups in total. The standard InChI is InChI=1S/C15H19BN2O5.C8H7BFNO3/c1-9(6-13(19)17-5-4-14(20)21)18-15(22)10-2-3-11-8-23-16-12(11)7-10;10-7-2-4(8(11)12)1-6-5(7)3-14-9(6)13/h2-3,7,9,16H,4-6,8H2,1H3,(H,17,19)(H,18,22)(H,20,21);1-2,13H,3H2,(H2,11,12)/t9-;/m0./s1. The highest BCUT2D eigenvalue weighted by Gasteiger charge is 2.30. The van der Waals surface area contributed by atoms with Crippen molar-refractivity contribution in [1.29, 1.82) is 0 Å². The molecule has 0 unspecified atom stereocenters. The highest BCUT2D eigenvalue weighted by atomic mass is 19.1. The first-order chi connectivity index (χ1) is 17.5. The highest BCUT2D eigenvalue weighted by molar-refractivity contribution is 6.61. The van der Waals surface area contributed by atoms with E-state index >= 15 is 0 Å². The number of primary amides is 1. The van der Waals surface area contributed by atoms with E-state index in [1.54, 1.807) is 19.1 Å². The third-order valence-electron chi connectivity index (χ3n) is 5.68. The molecule has 1 atom stereocenters. The van der Waals surface area contributed by atoms with Crippen molar-refractivity contribution in [2.75, 3.05) is 6.54 Å². The second-order valence-corrected chi connectivity index (χ2v) is 8.60. The molecule has 0 spiro atoms. The summed E-state index contributed by atoms with van der Waals surface area (Å²) in [5.41, 5.74) is 8.22. The molecule has 11 nitrogen and oxygen atoms in total. The van der Waals surface area contributed by atoms with E-state index in [1.807, 2.05) is 6.07 Å². The lowest BCUT2D eigenvalue weighted by molar-refractivity contribution is -0.136. The zero-order valence-corrected chi connectivity index (χ0v) is 20.1. The zero-order valence-electron chi connectivity index (χ0n) is 20.1. The van der Waals surface area contributed by atoms with E-state index < -0.39 is 24.8 Å². The minimum absolute atomic E-state index is 0.0153. The molecule has 0 fully saturated rings. The maximum atomic E-state index is 13.3. The molecule has 2 aromatic rings. The maximum Gasteiger partial charge on any atom is 0.491 e. The van der Waals surface area contributed by atoms with Gasteiger partial charge in [0.05, 0.1) is 19.6 Å². The Hall–Kier alpha value is -3.74. The van der Waals surface area contributed by atoms with Crippen molar-refractivity contribution in [1.82, 2.24) is 10.6 Å². The number of aliphatic carboxylic acids is 1. The van der Waals surface area contributed by atoms with Gasteiger partial charge in [0.2, 0.25) is 11.8 Å². The SMILES string of the molecule is C[C@@H](CC(=O)NCCC(=O)O)NC(=O)c1ccc2c(c1)BOC2.NC(=O)c1cc(F)c2c(c1)B(O)OC2. The van der Waals surface area contributed by atoms with Gasteiger partial charge in [0.15, 0.2) is 0 Å². The van der Waals surface area contributed by atoms with Crippen LogP contribution in [0, 0.1) is 5.82 Å². The van der Waals surface area contributed by atoms with Crippen LogP contribution in [0.25, 0.3) is 0 Å². The van der Waals surface area contributed by atoms with Crippen LogP contribution in [-0.4, -0.2) is 61.0 Å². The number of fused-ring (bicyclic) bond motifs is 2. The Kier molecular flexibility index (Phi) is 9.39. The van der Waals surface area contributed by atoms with Crippen molar-refractivity contribution < 1.29 is 43.0 Å². The predicted molar refractivity (Wildman–Crippen MR) is 132 cm³/mol. The molecule has 0 saturated heterocycles. The van der Waals surface area contributed by atoms with Gasteiger partial charge >= 0.3 is 20.6 Å². The molecule has 2 aliphatic heterocycles.